The van der Waals surface area contributed by atoms with E-state index in [1.807, 2.05) is 25.7 Å². The second-order valence-corrected chi connectivity index (χ2v) is 8.64. The molecule has 2 aliphatic heterocycles. The summed E-state index contributed by atoms with van der Waals surface area (Å²) in [5, 5.41) is 12.2. The summed E-state index contributed by atoms with van der Waals surface area (Å²) in [6.45, 7) is 8.38. The topological polar surface area (TPSA) is 113 Å². The van der Waals surface area contributed by atoms with Gasteiger partial charge < -0.3 is 21.1 Å². The van der Waals surface area contributed by atoms with Crippen molar-refractivity contribution in [3.63, 3.8) is 0 Å². The van der Waals surface area contributed by atoms with Crippen LogP contribution >= 0.6 is 12.4 Å². The minimum Gasteiger partial charge on any atom is -0.480 e. The van der Waals surface area contributed by atoms with Crippen LogP contribution in [0.1, 0.15) is 53.4 Å². The van der Waals surface area contributed by atoms with Gasteiger partial charge in [0.1, 0.15) is 5.54 Å². The third kappa shape index (κ3) is 4.64. The lowest BCUT2D eigenvalue weighted by Crippen LogP contribution is -2.53. The van der Waals surface area contributed by atoms with E-state index in [1.54, 1.807) is 0 Å². The van der Waals surface area contributed by atoms with Crippen LogP contribution in [0.5, 0.6) is 0 Å². The van der Waals surface area contributed by atoms with Crippen LogP contribution in [0.3, 0.4) is 0 Å². The summed E-state index contributed by atoms with van der Waals surface area (Å²) in [6.07, 6.45) is 2.11. The summed E-state index contributed by atoms with van der Waals surface area (Å²) in [4.78, 5) is 37.7. The quantitative estimate of drug-likeness (QED) is 0.684. The fraction of sp³-hybridized carbons (Fsp3) is 0.824. The predicted octanol–water partition coefficient (Wildman–Crippen LogP) is 1.14. The Morgan fingerprint density at radius 1 is 1.28 bits per heavy atom. The van der Waals surface area contributed by atoms with E-state index in [9.17, 15) is 14.4 Å². The summed E-state index contributed by atoms with van der Waals surface area (Å²) >= 11 is 0. The molecular formula is C17H30ClN3O4. The molecule has 0 aromatic heterocycles. The monoisotopic (exact) mass is 375 g/mol. The van der Waals surface area contributed by atoms with Crippen molar-refractivity contribution in [1.82, 2.24) is 10.2 Å². The first-order valence-electron chi connectivity index (χ1n) is 8.50. The summed E-state index contributed by atoms with van der Waals surface area (Å²) in [5.74, 6) is -1.48. The first-order valence-corrected chi connectivity index (χ1v) is 8.50. The highest BCUT2D eigenvalue weighted by molar-refractivity contribution is 5.85. The number of nitrogens with one attached hydrogen (secondary N) is 1. The largest absolute Gasteiger partial charge is 0.480 e. The number of rotatable bonds is 3. The predicted molar refractivity (Wildman–Crippen MR) is 96.3 cm³/mol. The molecule has 4 N–H and O–H groups in total. The Kier molecular flexibility index (Phi) is 6.17. The maximum absolute atomic E-state index is 12.4. The highest BCUT2D eigenvalue weighted by atomic mass is 35.5. The second kappa shape index (κ2) is 7.11. The zero-order chi connectivity index (χ0) is 18.3. The van der Waals surface area contributed by atoms with E-state index in [4.69, 9.17) is 10.8 Å². The number of carbonyl (C=O) groups is 3. The number of carboxylic acids is 1. The molecule has 7 nitrogen and oxygen atoms in total. The number of piperidine rings is 1. The molecule has 8 heteroatoms. The minimum absolute atomic E-state index is 0. The average Bonchev–Trinajstić information content (AvgIpc) is 2.73. The molecule has 0 aromatic carbocycles. The number of nitrogens with two attached hydrogens (primary N) is 1. The molecule has 0 bridgehead atoms. The number of likely N-dealkylation sites (tertiary alicyclic amines) is 1. The van der Waals surface area contributed by atoms with Crippen LogP contribution in [0, 0.1) is 11.3 Å². The first-order chi connectivity index (χ1) is 10.9. The third-order valence-electron chi connectivity index (χ3n) is 5.20. The molecule has 0 saturated carbocycles. The number of halogens is 1. The van der Waals surface area contributed by atoms with Crippen LogP contribution in [-0.4, -0.2) is 52.0 Å². The van der Waals surface area contributed by atoms with Crippen LogP contribution in [0.2, 0.25) is 0 Å². The molecule has 0 aromatic rings. The maximum atomic E-state index is 12.4. The molecule has 2 saturated heterocycles. The first kappa shape index (κ1) is 21.7. The molecule has 2 atom stereocenters. The smallest absolute Gasteiger partial charge is 0.323 e. The van der Waals surface area contributed by atoms with Gasteiger partial charge in [0.2, 0.25) is 11.8 Å². The van der Waals surface area contributed by atoms with Crippen molar-refractivity contribution < 1.29 is 19.5 Å². The van der Waals surface area contributed by atoms with Gasteiger partial charge in [0.25, 0.3) is 0 Å². The molecule has 2 heterocycles. The van der Waals surface area contributed by atoms with Crippen molar-refractivity contribution in [1.29, 1.82) is 0 Å². The van der Waals surface area contributed by atoms with Gasteiger partial charge >= 0.3 is 5.97 Å². The lowest BCUT2D eigenvalue weighted by molar-refractivity contribution is -0.143. The lowest BCUT2D eigenvalue weighted by Gasteiger charge is -2.41. The molecular weight excluding hydrogens is 346 g/mol. The summed E-state index contributed by atoms with van der Waals surface area (Å²) in [7, 11) is 0. The van der Waals surface area contributed by atoms with E-state index in [2.05, 4.69) is 5.32 Å². The van der Waals surface area contributed by atoms with E-state index in [0.717, 1.165) is 0 Å². The molecule has 0 radical (unpaired) electrons. The van der Waals surface area contributed by atoms with Crippen molar-refractivity contribution in [2.45, 2.75) is 64.5 Å². The van der Waals surface area contributed by atoms with Crippen LogP contribution < -0.4 is 11.1 Å². The number of hydrogen-bond donors (Lipinski definition) is 3. The Morgan fingerprint density at radius 2 is 1.80 bits per heavy atom. The Balaban J connectivity index is 0.00000312. The zero-order valence-corrected chi connectivity index (χ0v) is 16.2. The normalized spacial score (nSPS) is 25.1. The Hall–Kier alpha value is -1.34. The van der Waals surface area contributed by atoms with Gasteiger partial charge in [-0.3, -0.25) is 14.4 Å². The van der Waals surface area contributed by atoms with Gasteiger partial charge in [0, 0.05) is 30.0 Å². The van der Waals surface area contributed by atoms with E-state index >= 15 is 0 Å². The molecule has 2 unspecified atom stereocenters. The number of aliphatic carboxylic acids is 1. The highest BCUT2D eigenvalue weighted by Crippen LogP contribution is 2.38. The number of amides is 2. The fourth-order valence-electron chi connectivity index (χ4n) is 3.68. The lowest BCUT2D eigenvalue weighted by atomic mass is 9.79. The minimum atomic E-state index is -1.41. The number of nitrogens with zero attached hydrogens (tertiary/aromatic N) is 1. The van der Waals surface area contributed by atoms with Crippen LogP contribution in [0.15, 0.2) is 0 Å². The zero-order valence-electron chi connectivity index (χ0n) is 15.4. The van der Waals surface area contributed by atoms with Gasteiger partial charge in [-0.15, -0.1) is 12.4 Å². The van der Waals surface area contributed by atoms with Crippen molar-refractivity contribution in [3.05, 3.63) is 0 Å². The van der Waals surface area contributed by atoms with E-state index in [0.29, 0.717) is 32.4 Å². The second-order valence-electron chi connectivity index (χ2n) is 8.64. The average molecular weight is 376 g/mol. The van der Waals surface area contributed by atoms with E-state index in [1.165, 1.54) is 6.92 Å². The Bertz CT molecular complexity index is 549. The SMILES string of the molecule is CC(C)(C)C(=O)N1CCC2(CC1)CC(CC(C)(N)C(=O)O)C(=O)N2.Cl. The van der Waals surface area contributed by atoms with Crippen LogP contribution in [-0.2, 0) is 14.4 Å². The van der Waals surface area contributed by atoms with Gasteiger partial charge in [-0.1, -0.05) is 20.8 Å². The van der Waals surface area contributed by atoms with Gasteiger partial charge in [-0.25, -0.2) is 0 Å². The van der Waals surface area contributed by atoms with Gasteiger partial charge in [0.15, 0.2) is 0 Å². The molecule has 2 amide bonds. The van der Waals surface area contributed by atoms with Crippen LogP contribution in [0.4, 0.5) is 0 Å². The standard InChI is InChI=1S/C17H29N3O4.ClH/c1-15(2,3)13(22)20-7-5-17(6-8-20)10-11(12(21)19-17)9-16(4,18)14(23)24;/h11H,5-10,18H2,1-4H3,(H,19,21)(H,23,24);1H. The summed E-state index contributed by atoms with van der Waals surface area (Å²) < 4.78 is 0. The third-order valence-corrected chi connectivity index (χ3v) is 5.20. The fourth-order valence-corrected chi connectivity index (χ4v) is 3.68. The van der Waals surface area contributed by atoms with E-state index in [-0.39, 0.29) is 42.1 Å². The molecule has 25 heavy (non-hydrogen) atoms. The van der Waals surface area contributed by atoms with Crippen molar-refractivity contribution in [3.8, 4) is 0 Å². The number of carbonyl (C=O) groups excluding carboxylic acids is 2. The van der Waals surface area contributed by atoms with Crippen molar-refractivity contribution >= 4 is 30.2 Å². The van der Waals surface area contributed by atoms with Gasteiger partial charge in [-0.05, 0) is 32.6 Å². The van der Waals surface area contributed by atoms with Crippen molar-refractivity contribution in [2.24, 2.45) is 17.1 Å². The van der Waals surface area contributed by atoms with Gasteiger partial charge in [-0.2, -0.15) is 0 Å². The molecule has 2 rings (SSSR count). The Morgan fingerprint density at radius 3 is 2.24 bits per heavy atom. The summed E-state index contributed by atoms with van der Waals surface area (Å²) in [5.41, 5.74) is 3.65. The summed E-state index contributed by atoms with van der Waals surface area (Å²) in [6, 6.07) is 0. The number of hydrogen-bond acceptors (Lipinski definition) is 4. The van der Waals surface area contributed by atoms with Gasteiger partial charge in [0.05, 0.1) is 0 Å². The number of carboxylic acid groups (broad SMARTS) is 1. The molecule has 144 valence electrons. The maximum Gasteiger partial charge on any atom is 0.323 e. The van der Waals surface area contributed by atoms with Crippen LogP contribution in [0.25, 0.3) is 0 Å². The van der Waals surface area contributed by atoms with Crippen molar-refractivity contribution in [2.75, 3.05) is 13.1 Å². The molecule has 2 fully saturated rings. The molecule has 1 spiro atoms. The highest BCUT2D eigenvalue weighted by Gasteiger charge is 2.48. The Labute approximate surface area is 155 Å². The van der Waals surface area contributed by atoms with E-state index < -0.39 is 16.9 Å². The molecule has 0 aliphatic carbocycles. The molecule has 2 aliphatic rings.